The van der Waals surface area contributed by atoms with Gasteiger partial charge >= 0.3 is 0 Å². The Labute approximate surface area is 236 Å². The van der Waals surface area contributed by atoms with Crippen molar-refractivity contribution in [2.24, 2.45) is 11.8 Å². The number of carbonyl (C=O) groups is 3. The number of amides is 2. The maximum absolute atomic E-state index is 13.5. The summed E-state index contributed by atoms with van der Waals surface area (Å²) in [5, 5.41) is 13.8. The lowest BCUT2D eigenvalue weighted by molar-refractivity contribution is -0.135. The molecule has 6 rings (SSSR count). The van der Waals surface area contributed by atoms with Crippen LogP contribution in [-0.2, 0) is 22.6 Å². The minimum absolute atomic E-state index is 0.0956. The number of benzene rings is 1. The average Bonchev–Trinajstić information content (AvgIpc) is 3.51. The number of rotatable bonds is 8. The number of hydrogen-bond donors (Lipinski definition) is 1. The van der Waals surface area contributed by atoms with Crippen LogP contribution in [0.2, 0.25) is 0 Å². The highest BCUT2D eigenvalue weighted by molar-refractivity contribution is 5.95. The number of aliphatic hydroxyl groups excluding tert-OH is 1. The summed E-state index contributed by atoms with van der Waals surface area (Å²) in [5.41, 5.74) is 6.68. The largest absolute Gasteiger partial charge is 0.387 e. The van der Waals surface area contributed by atoms with Gasteiger partial charge in [-0.15, -0.1) is 0 Å². The third kappa shape index (κ3) is 5.16. The second-order valence-corrected chi connectivity index (χ2v) is 12.2. The molecule has 0 spiro atoms. The van der Waals surface area contributed by atoms with Crippen molar-refractivity contribution in [2.45, 2.75) is 64.8 Å². The number of ketones is 1. The lowest BCUT2D eigenvalue weighted by Crippen LogP contribution is -2.51. The van der Waals surface area contributed by atoms with E-state index in [0.717, 1.165) is 56.5 Å². The van der Waals surface area contributed by atoms with E-state index in [2.05, 4.69) is 36.9 Å². The van der Waals surface area contributed by atoms with Crippen LogP contribution in [0.25, 0.3) is 0 Å². The van der Waals surface area contributed by atoms with Crippen molar-refractivity contribution in [1.29, 1.82) is 0 Å². The third-order valence-corrected chi connectivity index (χ3v) is 9.79. The molecule has 1 aromatic carbocycles. The number of aryl methyl sites for hydroxylation is 1. The normalized spacial score (nSPS) is 22.3. The van der Waals surface area contributed by atoms with Gasteiger partial charge in [0, 0.05) is 62.6 Å². The van der Waals surface area contributed by atoms with Gasteiger partial charge in [-0.2, -0.15) is 5.10 Å². The van der Waals surface area contributed by atoms with Gasteiger partial charge in [0.2, 0.25) is 5.91 Å². The van der Waals surface area contributed by atoms with Crippen LogP contribution in [0.1, 0.15) is 70.9 Å². The van der Waals surface area contributed by atoms with Crippen LogP contribution in [0.15, 0.2) is 18.2 Å². The molecule has 1 N–H and O–H groups in total. The summed E-state index contributed by atoms with van der Waals surface area (Å²) in [7, 11) is 0. The Morgan fingerprint density at radius 2 is 1.73 bits per heavy atom. The maximum atomic E-state index is 13.5. The molecule has 3 fully saturated rings. The molecule has 3 heterocycles. The Morgan fingerprint density at radius 3 is 2.45 bits per heavy atom. The van der Waals surface area contributed by atoms with Gasteiger partial charge in [0.25, 0.3) is 5.91 Å². The van der Waals surface area contributed by atoms with E-state index in [1.54, 1.807) is 9.80 Å². The number of Topliss-reactive ketones (excluding diaryl/α,β-unsaturated/α-hetero) is 1. The van der Waals surface area contributed by atoms with Crippen molar-refractivity contribution in [3.05, 3.63) is 46.3 Å². The SMILES string of the molecule is Cc1cccc(N2CCC(CCC(=O)Cn3nc(C(=O)N4CCN(C(=O)CO)CC4)c4c3CC3CC43)CC2)c1C. The van der Waals surface area contributed by atoms with Gasteiger partial charge in [-0.05, 0) is 80.9 Å². The minimum Gasteiger partial charge on any atom is -0.387 e. The number of piperidine rings is 1. The number of carbonyl (C=O) groups excluding carboxylic acids is 3. The molecule has 2 amide bonds. The molecule has 2 saturated heterocycles. The van der Waals surface area contributed by atoms with Crippen LogP contribution in [0, 0.1) is 25.7 Å². The summed E-state index contributed by atoms with van der Waals surface area (Å²) in [6.45, 7) is 7.88. The Morgan fingerprint density at radius 1 is 1.00 bits per heavy atom. The summed E-state index contributed by atoms with van der Waals surface area (Å²) >= 11 is 0. The van der Waals surface area contributed by atoms with Crippen LogP contribution in [0.3, 0.4) is 0 Å². The highest BCUT2D eigenvalue weighted by Crippen LogP contribution is 2.57. The Balaban J connectivity index is 1.04. The van der Waals surface area contributed by atoms with Crippen molar-refractivity contribution in [3.8, 4) is 0 Å². The molecule has 214 valence electrons. The predicted molar refractivity (Wildman–Crippen MR) is 151 cm³/mol. The fourth-order valence-corrected chi connectivity index (χ4v) is 7.04. The first kappa shape index (κ1) is 27.0. The van der Waals surface area contributed by atoms with Crippen molar-refractivity contribution >= 4 is 23.3 Å². The first-order valence-electron chi connectivity index (χ1n) is 14.9. The number of aromatic nitrogens is 2. The van der Waals surface area contributed by atoms with Gasteiger partial charge in [-0.1, -0.05) is 12.1 Å². The van der Waals surface area contributed by atoms with E-state index >= 15 is 0 Å². The first-order chi connectivity index (χ1) is 19.3. The summed E-state index contributed by atoms with van der Waals surface area (Å²) in [6, 6.07) is 6.52. The molecule has 2 aromatic rings. The van der Waals surface area contributed by atoms with Crippen molar-refractivity contribution in [3.63, 3.8) is 0 Å². The molecule has 2 unspecified atom stereocenters. The van der Waals surface area contributed by atoms with E-state index in [1.165, 1.54) is 16.8 Å². The Hall–Kier alpha value is -3.20. The summed E-state index contributed by atoms with van der Waals surface area (Å²) < 4.78 is 1.83. The molecule has 0 radical (unpaired) electrons. The third-order valence-electron chi connectivity index (χ3n) is 9.79. The zero-order valence-electron chi connectivity index (χ0n) is 23.8. The predicted octanol–water partition coefficient (Wildman–Crippen LogP) is 2.70. The van der Waals surface area contributed by atoms with Gasteiger partial charge in [0.05, 0.1) is 6.54 Å². The monoisotopic (exact) mass is 547 g/mol. The molecule has 2 aliphatic heterocycles. The van der Waals surface area contributed by atoms with Crippen LogP contribution in [0.4, 0.5) is 5.69 Å². The van der Waals surface area contributed by atoms with Crippen LogP contribution in [0.5, 0.6) is 0 Å². The minimum atomic E-state index is -0.505. The van der Waals surface area contributed by atoms with Gasteiger partial charge in [-0.3, -0.25) is 19.1 Å². The van der Waals surface area contributed by atoms with Gasteiger partial charge in [-0.25, -0.2) is 0 Å². The molecule has 9 heteroatoms. The summed E-state index contributed by atoms with van der Waals surface area (Å²) in [4.78, 5) is 44.2. The quantitative estimate of drug-likeness (QED) is 0.546. The van der Waals surface area contributed by atoms with E-state index in [0.29, 0.717) is 56.0 Å². The Bertz CT molecular complexity index is 1300. The second kappa shape index (κ2) is 11.0. The second-order valence-electron chi connectivity index (χ2n) is 12.2. The van der Waals surface area contributed by atoms with E-state index < -0.39 is 6.61 Å². The lowest BCUT2D eigenvalue weighted by atomic mass is 9.90. The summed E-state index contributed by atoms with van der Waals surface area (Å²) in [6.07, 6.45) is 5.69. The van der Waals surface area contributed by atoms with Gasteiger partial charge in [0.15, 0.2) is 11.5 Å². The number of nitrogens with zero attached hydrogens (tertiary/aromatic N) is 5. The van der Waals surface area contributed by atoms with E-state index in [-0.39, 0.29) is 24.1 Å². The lowest BCUT2D eigenvalue weighted by Gasteiger charge is -2.34. The maximum Gasteiger partial charge on any atom is 0.274 e. The van der Waals surface area contributed by atoms with Crippen LogP contribution < -0.4 is 4.90 Å². The molecule has 40 heavy (non-hydrogen) atoms. The molecule has 1 saturated carbocycles. The topological polar surface area (TPSA) is 99.0 Å². The molecule has 9 nitrogen and oxygen atoms in total. The number of piperazine rings is 1. The molecule has 2 atom stereocenters. The molecule has 2 aliphatic carbocycles. The van der Waals surface area contributed by atoms with Crippen molar-refractivity contribution in [2.75, 3.05) is 50.8 Å². The Kier molecular flexibility index (Phi) is 7.42. The van der Waals surface area contributed by atoms with E-state index in [1.807, 2.05) is 4.68 Å². The van der Waals surface area contributed by atoms with E-state index in [9.17, 15) is 14.4 Å². The number of fused-ring (bicyclic) bond motifs is 3. The molecule has 1 aromatic heterocycles. The van der Waals surface area contributed by atoms with Crippen LogP contribution in [-0.4, -0.2) is 88.2 Å². The molecule has 0 bridgehead atoms. The highest BCUT2D eigenvalue weighted by atomic mass is 16.3. The fraction of sp³-hybridized carbons (Fsp3) is 0.613. The van der Waals surface area contributed by atoms with Gasteiger partial charge in [0.1, 0.15) is 6.61 Å². The number of hydrogen-bond acceptors (Lipinski definition) is 6. The average molecular weight is 548 g/mol. The molecular weight excluding hydrogens is 506 g/mol. The van der Waals surface area contributed by atoms with Crippen molar-refractivity contribution < 1.29 is 19.5 Å². The zero-order chi connectivity index (χ0) is 28.0. The number of anilines is 1. The standard InChI is InChI=1S/C31H41N5O4/c1-20-4-3-5-26(21(20)2)33-10-8-22(9-11-33)6-7-24(38)18-36-27-17-23-16-25(23)29(27)30(32-36)31(40)35-14-12-34(13-15-35)28(39)19-37/h3-5,22-23,25,37H,6-19H2,1-2H3. The first-order valence-corrected chi connectivity index (χ1v) is 14.9. The number of aliphatic hydroxyl groups is 1. The molecular formula is C31H41N5O4. The summed E-state index contributed by atoms with van der Waals surface area (Å²) in [5.74, 6) is 1.34. The van der Waals surface area contributed by atoms with Crippen LogP contribution >= 0.6 is 0 Å². The fourth-order valence-electron chi connectivity index (χ4n) is 7.04. The zero-order valence-corrected chi connectivity index (χ0v) is 23.8. The van der Waals surface area contributed by atoms with Gasteiger partial charge < -0.3 is 19.8 Å². The highest BCUT2D eigenvalue weighted by Gasteiger charge is 2.50. The smallest absolute Gasteiger partial charge is 0.274 e. The van der Waals surface area contributed by atoms with E-state index in [4.69, 9.17) is 10.2 Å². The van der Waals surface area contributed by atoms with Crippen molar-refractivity contribution in [1.82, 2.24) is 19.6 Å². The molecule has 4 aliphatic rings.